The van der Waals surface area contributed by atoms with Crippen molar-refractivity contribution in [1.82, 2.24) is 9.55 Å². The molecule has 0 unspecified atom stereocenters. The number of aromatic nitrogens is 2. The van der Waals surface area contributed by atoms with Crippen molar-refractivity contribution in [3.8, 4) is 0 Å². The second kappa shape index (κ2) is 7.19. The smallest absolute Gasteiger partial charge is 0.351 e. The van der Waals surface area contributed by atoms with E-state index in [9.17, 15) is 24.2 Å². The number of carbonyl (C=O) groups excluding carboxylic acids is 1. The van der Waals surface area contributed by atoms with Gasteiger partial charge in [0.2, 0.25) is 0 Å². The number of aliphatic hydroxyl groups is 2. The number of hydrogen-bond acceptors (Lipinski definition) is 7. The van der Waals surface area contributed by atoms with E-state index in [0.29, 0.717) is 0 Å². The molecule has 0 spiro atoms. The van der Waals surface area contributed by atoms with E-state index >= 15 is 0 Å². The highest BCUT2D eigenvalue weighted by Crippen LogP contribution is 2.33. The highest BCUT2D eigenvalue weighted by molar-refractivity contribution is 5.81. The SMILES string of the molecule is Nc1nc(=O)n([C@@H]2O[C@H](CC(=O)C3CCCCC3)[C@@H](O)[C@H]2O)cc1F. The third-order valence-corrected chi connectivity index (χ3v) is 5.01. The monoisotopic (exact) mass is 355 g/mol. The van der Waals surface area contributed by atoms with Crippen molar-refractivity contribution in [2.45, 2.75) is 63.1 Å². The number of nitrogen functional groups attached to an aromatic ring is 1. The van der Waals surface area contributed by atoms with E-state index in [-0.39, 0.29) is 18.1 Å². The number of nitrogens with zero attached hydrogens (tertiary/aromatic N) is 2. The molecule has 3 rings (SSSR count). The lowest BCUT2D eigenvalue weighted by molar-refractivity contribution is -0.128. The number of anilines is 1. The Kier molecular flexibility index (Phi) is 5.16. The lowest BCUT2D eigenvalue weighted by Crippen LogP contribution is -2.36. The molecule has 0 amide bonds. The van der Waals surface area contributed by atoms with E-state index < -0.39 is 41.9 Å². The summed E-state index contributed by atoms with van der Waals surface area (Å²) in [6, 6.07) is 0. The normalized spacial score (nSPS) is 30.5. The predicted molar refractivity (Wildman–Crippen MR) is 85.0 cm³/mol. The molecule has 8 nitrogen and oxygen atoms in total. The molecule has 1 aliphatic heterocycles. The largest absolute Gasteiger partial charge is 0.388 e. The molecule has 2 heterocycles. The summed E-state index contributed by atoms with van der Waals surface area (Å²) >= 11 is 0. The summed E-state index contributed by atoms with van der Waals surface area (Å²) in [7, 11) is 0. The molecule has 1 aromatic rings. The standard InChI is InChI=1S/C16H22FN3O5/c17-9-7-20(16(24)19-14(9)18)15-13(23)12(22)11(25-15)6-10(21)8-4-2-1-3-5-8/h7-8,11-13,15,22-23H,1-6H2,(H2,18,19,24)/t11-,12-,13-,15-/m1/s1. The summed E-state index contributed by atoms with van der Waals surface area (Å²) in [6.45, 7) is 0. The van der Waals surface area contributed by atoms with Gasteiger partial charge >= 0.3 is 5.69 Å². The number of carbonyl (C=O) groups is 1. The van der Waals surface area contributed by atoms with E-state index in [4.69, 9.17) is 10.5 Å². The lowest BCUT2D eigenvalue weighted by Gasteiger charge is -2.22. The van der Waals surface area contributed by atoms with Gasteiger partial charge in [-0.3, -0.25) is 9.36 Å². The number of ketones is 1. The maximum Gasteiger partial charge on any atom is 0.351 e. The van der Waals surface area contributed by atoms with Crippen molar-refractivity contribution in [2.75, 3.05) is 5.73 Å². The third-order valence-electron chi connectivity index (χ3n) is 5.01. The summed E-state index contributed by atoms with van der Waals surface area (Å²) in [6.07, 6.45) is 0.359. The van der Waals surface area contributed by atoms with Crippen LogP contribution in [0.3, 0.4) is 0 Å². The number of halogens is 1. The summed E-state index contributed by atoms with van der Waals surface area (Å²) < 4.78 is 19.8. The quantitative estimate of drug-likeness (QED) is 0.700. The molecule has 0 radical (unpaired) electrons. The minimum atomic E-state index is -1.48. The highest BCUT2D eigenvalue weighted by Gasteiger charge is 2.45. The average molecular weight is 355 g/mol. The van der Waals surface area contributed by atoms with Gasteiger partial charge < -0.3 is 20.7 Å². The molecule has 4 N–H and O–H groups in total. The highest BCUT2D eigenvalue weighted by atomic mass is 19.1. The van der Waals surface area contributed by atoms with Gasteiger partial charge in [-0.2, -0.15) is 4.98 Å². The number of nitrogens with two attached hydrogens (primary N) is 1. The molecular formula is C16H22FN3O5. The Morgan fingerprint density at radius 3 is 2.68 bits per heavy atom. The number of aliphatic hydroxyl groups excluding tert-OH is 2. The topological polar surface area (TPSA) is 128 Å². The number of rotatable bonds is 4. The number of Topliss-reactive ketones (excluding diaryl/α,β-unsaturated/α-hetero) is 1. The minimum absolute atomic E-state index is 0.0226. The molecule has 1 aromatic heterocycles. The van der Waals surface area contributed by atoms with Crippen molar-refractivity contribution < 1.29 is 24.1 Å². The van der Waals surface area contributed by atoms with Crippen molar-refractivity contribution >= 4 is 11.6 Å². The van der Waals surface area contributed by atoms with Crippen LogP contribution in [0.4, 0.5) is 10.2 Å². The first-order valence-corrected chi connectivity index (χ1v) is 8.47. The Hall–Kier alpha value is -1.84. The first-order chi connectivity index (χ1) is 11.9. The van der Waals surface area contributed by atoms with Gasteiger partial charge in [-0.1, -0.05) is 19.3 Å². The van der Waals surface area contributed by atoms with Crippen LogP contribution < -0.4 is 11.4 Å². The third kappa shape index (κ3) is 3.58. The van der Waals surface area contributed by atoms with Gasteiger partial charge in [-0.05, 0) is 12.8 Å². The van der Waals surface area contributed by atoms with E-state index in [1.54, 1.807) is 0 Å². The van der Waals surface area contributed by atoms with Crippen LogP contribution in [0.25, 0.3) is 0 Å². The summed E-state index contributed by atoms with van der Waals surface area (Å²) in [4.78, 5) is 27.6. The van der Waals surface area contributed by atoms with Crippen LogP contribution in [0.5, 0.6) is 0 Å². The Morgan fingerprint density at radius 2 is 2.00 bits per heavy atom. The molecule has 4 atom stereocenters. The second-order valence-corrected chi connectivity index (χ2v) is 6.72. The van der Waals surface area contributed by atoms with E-state index in [2.05, 4.69) is 4.98 Å². The van der Waals surface area contributed by atoms with Gasteiger partial charge in [0.25, 0.3) is 0 Å². The van der Waals surface area contributed by atoms with Crippen LogP contribution in [0.15, 0.2) is 11.0 Å². The minimum Gasteiger partial charge on any atom is -0.388 e. The van der Waals surface area contributed by atoms with Gasteiger partial charge in [-0.15, -0.1) is 0 Å². The summed E-state index contributed by atoms with van der Waals surface area (Å²) in [5, 5.41) is 20.3. The van der Waals surface area contributed by atoms with Gasteiger partial charge in [0.15, 0.2) is 17.9 Å². The van der Waals surface area contributed by atoms with Gasteiger partial charge in [0.1, 0.15) is 18.0 Å². The zero-order valence-corrected chi connectivity index (χ0v) is 13.7. The van der Waals surface area contributed by atoms with Crippen LogP contribution in [-0.2, 0) is 9.53 Å². The zero-order chi connectivity index (χ0) is 18.1. The van der Waals surface area contributed by atoms with Crippen LogP contribution in [-0.4, -0.2) is 43.9 Å². The Balaban J connectivity index is 1.74. The average Bonchev–Trinajstić information content (AvgIpc) is 2.87. The molecule has 9 heteroatoms. The van der Waals surface area contributed by atoms with Crippen molar-refractivity contribution in [3.05, 3.63) is 22.5 Å². The predicted octanol–water partition coefficient (Wildman–Crippen LogP) is 0.123. The van der Waals surface area contributed by atoms with Crippen LogP contribution in [0, 0.1) is 11.7 Å². The maximum atomic E-state index is 13.6. The maximum absolute atomic E-state index is 13.6. The van der Waals surface area contributed by atoms with E-state index in [0.717, 1.165) is 42.9 Å². The van der Waals surface area contributed by atoms with Gasteiger partial charge in [0.05, 0.1) is 12.3 Å². The Labute approximate surface area is 143 Å². The van der Waals surface area contributed by atoms with E-state index in [1.807, 2.05) is 0 Å². The molecule has 0 aromatic carbocycles. The lowest BCUT2D eigenvalue weighted by atomic mass is 9.84. The first kappa shape index (κ1) is 18.0. The fourth-order valence-corrected chi connectivity index (χ4v) is 3.56. The van der Waals surface area contributed by atoms with Crippen molar-refractivity contribution in [2.24, 2.45) is 5.92 Å². The second-order valence-electron chi connectivity index (χ2n) is 6.72. The van der Waals surface area contributed by atoms with E-state index in [1.165, 1.54) is 0 Å². The molecule has 1 aliphatic carbocycles. The van der Waals surface area contributed by atoms with Crippen LogP contribution in [0.1, 0.15) is 44.8 Å². The summed E-state index contributed by atoms with van der Waals surface area (Å²) in [5.41, 5.74) is 4.32. The molecule has 0 bridgehead atoms. The number of hydrogen-bond donors (Lipinski definition) is 3. The molecular weight excluding hydrogens is 333 g/mol. The van der Waals surface area contributed by atoms with Crippen molar-refractivity contribution in [3.63, 3.8) is 0 Å². The molecule has 1 saturated carbocycles. The Morgan fingerprint density at radius 1 is 1.32 bits per heavy atom. The summed E-state index contributed by atoms with van der Waals surface area (Å²) in [5.74, 6) is -1.57. The molecule has 2 fully saturated rings. The molecule has 138 valence electrons. The Bertz CT molecular complexity index is 704. The van der Waals surface area contributed by atoms with Crippen LogP contribution >= 0.6 is 0 Å². The molecule has 1 saturated heterocycles. The van der Waals surface area contributed by atoms with Gasteiger partial charge in [-0.25, -0.2) is 9.18 Å². The fraction of sp³-hybridized carbons (Fsp3) is 0.688. The van der Waals surface area contributed by atoms with Crippen LogP contribution in [0.2, 0.25) is 0 Å². The fourth-order valence-electron chi connectivity index (χ4n) is 3.56. The molecule has 2 aliphatic rings. The van der Waals surface area contributed by atoms with Crippen molar-refractivity contribution in [1.29, 1.82) is 0 Å². The first-order valence-electron chi connectivity index (χ1n) is 8.47. The number of ether oxygens (including phenoxy) is 1. The van der Waals surface area contributed by atoms with Gasteiger partial charge in [0, 0.05) is 12.3 Å². The molecule has 25 heavy (non-hydrogen) atoms. The zero-order valence-electron chi connectivity index (χ0n) is 13.7.